The summed E-state index contributed by atoms with van der Waals surface area (Å²) in [7, 11) is 1.59. The van der Waals surface area contributed by atoms with E-state index in [9.17, 15) is 14.0 Å². The quantitative estimate of drug-likeness (QED) is 0.838. The van der Waals surface area contributed by atoms with Crippen molar-refractivity contribution >= 4 is 16.8 Å². The van der Waals surface area contributed by atoms with Crippen molar-refractivity contribution in [3.8, 4) is 0 Å². The number of nitrogens with one attached hydrogen (secondary N) is 1. The summed E-state index contributed by atoms with van der Waals surface area (Å²) in [5, 5.41) is 6.51. The Kier molecular flexibility index (Phi) is 3.41. The molecule has 1 aromatic carbocycles. The smallest absolute Gasteiger partial charge is 0.276 e. The number of benzene rings is 1. The number of carbonyl (C=O) groups is 1. The SMILES string of the molecule is C=CCNC(=O)c1nn(C)c2ccc(F)cc2c1=O. The van der Waals surface area contributed by atoms with Crippen LogP contribution in [0.2, 0.25) is 0 Å². The van der Waals surface area contributed by atoms with Gasteiger partial charge < -0.3 is 5.32 Å². The number of amides is 1. The molecular weight excluding hydrogens is 249 g/mol. The second kappa shape index (κ2) is 5.01. The molecule has 98 valence electrons. The molecule has 1 amide bonds. The van der Waals surface area contributed by atoms with Gasteiger partial charge in [-0.3, -0.25) is 14.3 Å². The van der Waals surface area contributed by atoms with Crippen LogP contribution in [0.5, 0.6) is 0 Å². The predicted molar refractivity (Wildman–Crippen MR) is 69.5 cm³/mol. The number of hydrogen-bond acceptors (Lipinski definition) is 3. The van der Waals surface area contributed by atoms with Crippen molar-refractivity contribution < 1.29 is 9.18 Å². The molecule has 0 spiro atoms. The average Bonchev–Trinajstić information content (AvgIpc) is 2.40. The molecule has 0 atom stereocenters. The molecule has 6 heteroatoms. The van der Waals surface area contributed by atoms with E-state index >= 15 is 0 Å². The number of carbonyl (C=O) groups excluding carboxylic acids is 1. The second-order valence-corrected chi connectivity index (χ2v) is 3.96. The van der Waals surface area contributed by atoms with Gasteiger partial charge in [0.25, 0.3) is 5.91 Å². The van der Waals surface area contributed by atoms with Gasteiger partial charge in [0.2, 0.25) is 5.43 Å². The maximum absolute atomic E-state index is 13.2. The first-order valence-electron chi connectivity index (χ1n) is 5.60. The summed E-state index contributed by atoms with van der Waals surface area (Å²) in [6.45, 7) is 3.69. The monoisotopic (exact) mass is 261 g/mol. The van der Waals surface area contributed by atoms with Gasteiger partial charge in [-0.2, -0.15) is 5.10 Å². The Morgan fingerprint density at radius 3 is 3.00 bits per heavy atom. The Morgan fingerprint density at radius 2 is 2.32 bits per heavy atom. The molecule has 0 unspecified atom stereocenters. The Balaban J connectivity index is 2.64. The van der Waals surface area contributed by atoms with E-state index in [1.165, 1.54) is 22.9 Å². The van der Waals surface area contributed by atoms with Gasteiger partial charge >= 0.3 is 0 Å². The first-order valence-corrected chi connectivity index (χ1v) is 5.60. The molecule has 0 aliphatic carbocycles. The normalized spacial score (nSPS) is 10.4. The van der Waals surface area contributed by atoms with Crippen molar-refractivity contribution in [2.45, 2.75) is 0 Å². The molecular formula is C13H12FN3O2. The largest absolute Gasteiger partial charge is 0.347 e. The van der Waals surface area contributed by atoms with Crippen LogP contribution in [0, 0.1) is 5.82 Å². The van der Waals surface area contributed by atoms with Crippen molar-refractivity contribution in [3.05, 3.63) is 52.6 Å². The van der Waals surface area contributed by atoms with Crippen LogP contribution in [0.25, 0.3) is 10.9 Å². The summed E-state index contributed by atoms with van der Waals surface area (Å²) >= 11 is 0. The number of rotatable bonds is 3. The summed E-state index contributed by atoms with van der Waals surface area (Å²) in [5.74, 6) is -1.14. The Hall–Kier alpha value is -2.50. The minimum Gasteiger partial charge on any atom is -0.347 e. The third-order valence-corrected chi connectivity index (χ3v) is 2.64. The molecule has 1 N–H and O–H groups in total. The molecule has 0 aliphatic rings. The summed E-state index contributed by atoms with van der Waals surface area (Å²) in [5.41, 5.74) is -0.386. The van der Waals surface area contributed by atoms with E-state index < -0.39 is 17.2 Å². The fraction of sp³-hybridized carbons (Fsp3) is 0.154. The molecule has 1 aromatic heterocycles. The second-order valence-electron chi connectivity index (χ2n) is 3.96. The molecule has 2 rings (SSSR count). The topological polar surface area (TPSA) is 64.0 Å². The fourth-order valence-corrected chi connectivity index (χ4v) is 1.75. The van der Waals surface area contributed by atoms with Gasteiger partial charge in [-0.05, 0) is 18.2 Å². The van der Waals surface area contributed by atoms with E-state index in [1.54, 1.807) is 7.05 Å². The van der Waals surface area contributed by atoms with Gasteiger partial charge in [-0.1, -0.05) is 6.08 Å². The molecule has 19 heavy (non-hydrogen) atoms. The van der Waals surface area contributed by atoms with Crippen LogP contribution in [-0.2, 0) is 7.05 Å². The predicted octanol–water partition coefficient (Wildman–Crippen LogP) is 0.988. The van der Waals surface area contributed by atoms with Crippen molar-refractivity contribution in [2.24, 2.45) is 7.05 Å². The fourth-order valence-electron chi connectivity index (χ4n) is 1.75. The maximum Gasteiger partial charge on any atom is 0.276 e. The zero-order valence-electron chi connectivity index (χ0n) is 10.3. The third-order valence-electron chi connectivity index (χ3n) is 2.64. The highest BCUT2D eigenvalue weighted by molar-refractivity contribution is 5.95. The first-order chi connectivity index (χ1) is 9.04. The van der Waals surface area contributed by atoms with E-state index in [-0.39, 0.29) is 17.6 Å². The Morgan fingerprint density at radius 1 is 1.58 bits per heavy atom. The highest BCUT2D eigenvalue weighted by Crippen LogP contribution is 2.10. The molecule has 5 nitrogen and oxygen atoms in total. The molecule has 0 fully saturated rings. The molecule has 0 aliphatic heterocycles. The lowest BCUT2D eigenvalue weighted by Crippen LogP contribution is -2.31. The summed E-state index contributed by atoms with van der Waals surface area (Å²) in [4.78, 5) is 23.9. The van der Waals surface area contributed by atoms with Gasteiger partial charge in [0.1, 0.15) is 5.82 Å². The van der Waals surface area contributed by atoms with Crippen LogP contribution in [0.4, 0.5) is 4.39 Å². The number of aryl methyl sites for hydroxylation is 1. The maximum atomic E-state index is 13.2. The molecule has 0 radical (unpaired) electrons. The number of halogens is 1. The van der Waals surface area contributed by atoms with E-state index in [4.69, 9.17) is 0 Å². The zero-order chi connectivity index (χ0) is 14.0. The van der Waals surface area contributed by atoms with E-state index in [1.807, 2.05) is 0 Å². The first kappa shape index (κ1) is 12.9. The average molecular weight is 261 g/mol. The van der Waals surface area contributed by atoms with Crippen LogP contribution >= 0.6 is 0 Å². The highest BCUT2D eigenvalue weighted by Gasteiger charge is 2.16. The van der Waals surface area contributed by atoms with E-state index in [2.05, 4.69) is 17.0 Å². The van der Waals surface area contributed by atoms with Crippen molar-refractivity contribution in [2.75, 3.05) is 6.54 Å². The van der Waals surface area contributed by atoms with Crippen LogP contribution < -0.4 is 10.7 Å². The van der Waals surface area contributed by atoms with E-state index in [0.29, 0.717) is 5.52 Å². The Labute approximate surface area is 108 Å². The summed E-state index contributed by atoms with van der Waals surface area (Å²) < 4.78 is 14.6. The number of aromatic nitrogens is 2. The molecule has 2 aromatic rings. The number of fused-ring (bicyclic) bond motifs is 1. The third kappa shape index (κ3) is 2.37. The Bertz CT molecular complexity index is 722. The van der Waals surface area contributed by atoms with Gasteiger partial charge in [0, 0.05) is 13.6 Å². The molecule has 1 heterocycles. The molecule has 0 bridgehead atoms. The molecule has 0 saturated heterocycles. The van der Waals surface area contributed by atoms with Crippen LogP contribution in [0.1, 0.15) is 10.5 Å². The van der Waals surface area contributed by atoms with Crippen molar-refractivity contribution in [1.29, 1.82) is 0 Å². The lowest BCUT2D eigenvalue weighted by molar-refractivity contribution is 0.0950. The minimum atomic E-state index is -0.605. The van der Waals surface area contributed by atoms with Crippen molar-refractivity contribution in [1.82, 2.24) is 15.1 Å². The highest BCUT2D eigenvalue weighted by atomic mass is 19.1. The lowest BCUT2D eigenvalue weighted by Gasteiger charge is -2.07. The van der Waals surface area contributed by atoms with Crippen LogP contribution in [-0.4, -0.2) is 22.2 Å². The van der Waals surface area contributed by atoms with E-state index in [0.717, 1.165) is 6.07 Å². The van der Waals surface area contributed by atoms with Gasteiger partial charge in [-0.15, -0.1) is 6.58 Å². The molecule has 0 saturated carbocycles. The minimum absolute atomic E-state index is 0.126. The summed E-state index contributed by atoms with van der Waals surface area (Å²) in [6, 6.07) is 3.79. The number of hydrogen-bond donors (Lipinski definition) is 1. The van der Waals surface area contributed by atoms with Crippen molar-refractivity contribution in [3.63, 3.8) is 0 Å². The van der Waals surface area contributed by atoms with Gasteiger partial charge in [-0.25, -0.2) is 4.39 Å². The van der Waals surface area contributed by atoms with Gasteiger partial charge in [0.15, 0.2) is 5.69 Å². The van der Waals surface area contributed by atoms with Crippen LogP contribution in [0.15, 0.2) is 35.6 Å². The number of nitrogens with zero attached hydrogens (tertiary/aromatic N) is 2. The standard InChI is InChI=1S/C13H12FN3O2/c1-3-6-15-13(19)11-12(18)9-7-8(14)4-5-10(9)17(2)16-11/h3-5,7H,1,6H2,2H3,(H,15,19). The van der Waals surface area contributed by atoms with Crippen LogP contribution in [0.3, 0.4) is 0 Å². The lowest BCUT2D eigenvalue weighted by atomic mass is 10.2. The zero-order valence-corrected chi connectivity index (χ0v) is 10.3. The van der Waals surface area contributed by atoms with Gasteiger partial charge in [0.05, 0.1) is 10.9 Å². The summed E-state index contributed by atoms with van der Waals surface area (Å²) in [6.07, 6.45) is 1.49.